The molecule has 0 bridgehead atoms. The van der Waals surface area contributed by atoms with E-state index in [4.69, 9.17) is 0 Å². The molecule has 1 heterocycles. The molecule has 0 aliphatic rings. The number of benzene rings is 1. The van der Waals surface area contributed by atoms with E-state index < -0.39 is 0 Å². The van der Waals surface area contributed by atoms with Crippen LogP contribution in [0.25, 0.3) is 11.4 Å². The topological polar surface area (TPSA) is 59.8 Å². The molecule has 0 unspecified atom stereocenters. The van der Waals surface area contributed by atoms with E-state index in [1.54, 1.807) is 6.08 Å². The summed E-state index contributed by atoms with van der Waals surface area (Å²) in [5.41, 5.74) is 2.22. The Bertz CT molecular complexity index is 634. The van der Waals surface area contributed by atoms with Crippen LogP contribution in [0.5, 0.6) is 0 Å². The first-order chi connectivity index (χ1) is 10.1. The molecule has 6 heteroatoms. The van der Waals surface area contributed by atoms with Gasteiger partial charge in [0.05, 0.1) is 5.75 Å². The average molecular weight is 302 g/mol. The van der Waals surface area contributed by atoms with Gasteiger partial charge in [-0.15, -0.1) is 16.8 Å². The SMILES string of the molecule is C=CCNC(=O)CSc1nnc(-c2ccc(C)cc2)n1C. The fourth-order valence-corrected chi connectivity index (χ4v) is 2.50. The van der Waals surface area contributed by atoms with Crippen molar-refractivity contribution in [3.05, 3.63) is 42.5 Å². The highest BCUT2D eigenvalue weighted by Crippen LogP contribution is 2.22. The Hall–Kier alpha value is -2.08. The Balaban J connectivity index is 2.05. The largest absolute Gasteiger partial charge is 0.352 e. The van der Waals surface area contributed by atoms with Gasteiger partial charge in [-0.2, -0.15) is 0 Å². The summed E-state index contributed by atoms with van der Waals surface area (Å²) >= 11 is 1.37. The van der Waals surface area contributed by atoms with Gasteiger partial charge >= 0.3 is 0 Å². The van der Waals surface area contributed by atoms with Crippen molar-refractivity contribution >= 4 is 17.7 Å². The number of nitrogens with one attached hydrogen (secondary N) is 1. The number of nitrogens with zero attached hydrogens (tertiary/aromatic N) is 3. The molecule has 0 aliphatic carbocycles. The summed E-state index contributed by atoms with van der Waals surface area (Å²) in [6, 6.07) is 8.12. The molecule has 110 valence electrons. The standard InChI is InChI=1S/C15H18N4OS/c1-4-9-16-13(20)10-21-15-18-17-14(19(15)3)12-7-5-11(2)6-8-12/h4-8H,1,9-10H2,2-3H3,(H,16,20). The van der Waals surface area contributed by atoms with Crippen molar-refractivity contribution in [2.45, 2.75) is 12.1 Å². The lowest BCUT2D eigenvalue weighted by Crippen LogP contribution is -2.25. The molecule has 1 aromatic carbocycles. The van der Waals surface area contributed by atoms with Gasteiger partial charge in [-0.3, -0.25) is 4.79 Å². The highest BCUT2D eigenvalue weighted by molar-refractivity contribution is 7.99. The Morgan fingerprint density at radius 1 is 1.38 bits per heavy atom. The second kappa shape index (κ2) is 7.08. The first kappa shape index (κ1) is 15.3. The molecule has 0 atom stereocenters. The second-order valence-electron chi connectivity index (χ2n) is 4.61. The number of rotatable bonds is 6. The Kier molecular flexibility index (Phi) is 5.16. The number of hydrogen-bond donors (Lipinski definition) is 1. The molecule has 0 saturated carbocycles. The lowest BCUT2D eigenvalue weighted by atomic mass is 10.1. The van der Waals surface area contributed by atoms with Crippen LogP contribution in [-0.2, 0) is 11.8 Å². The van der Waals surface area contributed by atoms with E-state index in [0.717, 1.165) is 16.5 Å². The van der Waals surface area contributed by atoms with E-state index in [0.29, 0.717) is 12.3 Å². The van der Waals surface area contributed by atoms with Crippen molar-refractivity contribution in [2.24, 2.45) is 7.05 Å². The van der Waals surface area contributed by atoms with Crippen LogP contribution < -0.4 is 5.32 Å². The van der Waals surface area contributed by atoms with E-state index in [9.17, 15) is 4.79 Å². The van der Waals surface area contributed by atoms with E-state index in [1.165, 1.54) is 17.3 Å². The van der Waals surface area contributed by atoms with Crippen molar-refractivity contribution < 1.29 is 4.79 Å². The summed E-state index contributed by atoms with van der Waals surface area (Å²) in [6.07, 6.45) is 1.65. The third kappa shape index (κ3) is 3.95. The number of aromatic nitrogens is 3. The van der Waals surface area contributed by atoms with E-state index in [2.05, 4.69) is 22.1 Å². The number of hydrogen-bond acceptors (Lipinski definition) is 4. The van der Waals surface area contributed by atoms with Gasteiger partial charge in [-0.1, -0.05) is 47.7 Å². The Labute approximate surface area is 128 Å². The van der Waals surface area contributed by atoms with Crippen molar-refractivity contribution in [1.29, 1.82) is 0 Å². The van der Waals surface area contributed by atoms with Crippen LogP contribution in [-0.4, -0.2) is 33.0 Å². The zero-order valence-electron chi connectivity index (χ0n) is 12.2. The number of carbonyl (C=O) groups is 1. The molecular weight excluding hydrogens is 284 g/mol. The van der Waals surface area contributed by atoms with Gasteiger partial charge in [0.1, 0.15) is 0 Å². The quantitative estimate of drug-likeness (QED) is 0.656. The van der Waals surface area contributed by atoms with Crippen LogP contribution in [0.3, 0.4) is 0 Å². The van der Waals surface area contributed by atoms with Crippen molar-refractivity contribution in [1.82, 2.24) is 20.1 Å². The summed E-state index contributed by atoms with van der Waals surface area (Å²) in [5, 5.41) is 11.8. The minimum atomic E-state index is -0.0419. The van der Waals surface area contributed by atoms with Crippen molar-refractivity contribution in [2.75, 3.05) is 12.3 Å². The normalized spacial score (nSPS) is 10.4. The zero-order chi connectivity index (χ0) is 15.2. The van der Waals surface area contributed by atoms with Crippen LogP contribution in [0, 0.1) is 6.92 Å². The number of amides is 1. The van der Waals surface area contributed by atoms with Crippen LogP contribution in [0.1, 0.15) is 5.56 Å². The van der Waals surface area contributed by atoms with Gasteiger partial charge in [-0.05, 0) is 6.92 Å². The lowest BCUT2D eigenvalue weighted by molar-refractivity contribution is -0.118. The molecule has 21 heavy (non-hydrogen) atoms. The monoisotopic (exact) mass is 302 g/mol. The average Bonchev–Trinajstić information content (AvgIpc) is 2.85. The smallest absolute Gasteiger partial charge is 0.230 e. The molecule has 0 spiro atoms. The van der Waals surface area contributed by atoms with Gasteiger partial charge in [0.25, 0.3) is 0 Å². The maximum Gasteiger partial charge on any atom is 0.230 e. The van der Waals surface area contributed by atoms with Gasteiger partial charge in [0, 0.05) is 19.2 Å². The highest BCUT2D eigenvalue weighted by atomic mass is 32.2. The summed E-state index contributed by atoms with van der Waals surface area (Å²) in [4.78, 5) is 11.6. The fraction of sp³-hybridized carbons (Fsp3) is 0.267. The van der Waals surface area contributed by atoms with E-state index in [-0.39, 0.29) is 5.91 Å². The number of aryl methyl sites for hydroxylation is 1. The first-order valence-electron chi connectivity index (χ1n) is 6.58. The van der Waals surface area contributed by atoms with Crippen LogP contribution in [0.4, 0.5) is 0 Å². The second-order valence-corrected chi connectivity index (χ2v) is 5.56. The summed E-state index contributed by atoms with van der Waals surface area (Å²) in [7, 11) is 1.90. The maximum atomic E-state index is 11.6. The molecule has 1 N–H and O–H groups in total. The zero-order valence-corrected chi connectivity index (χ0v) is 13.0. The van der Waals surface area contributed by atoms with E-state index in [1.807, 2.05) is 42.8 Å². The molecule has 0 fully saturated rings. The minimum Gasteiger partial charge on any atom is -0.352 e. The molecular formula is C15H18N4OS. The molecule has 1 aromatic heterocycles. The first-order valence-corrected chi connectivity index (χ1v) is 7.57. The molecule has 2 rings (SSSR count). The third-order valence-electron chi connectivity index (χ3n) is 2.92. The van der Waals surface area contributed by atoms with Gasteiger partial charge < -0.3 is 9.88 Å². The Morgan fingerprint density at radius 2 is 2.10 bits per heavy atom. The predicted octanol–water partition coefficient (Wildman–Crippen LogP) is 2.18. The molecule has 0 saturated heterocycles. The molecule has 0 radical (unpaired) electrons. The third-order valence-corrected chi connectivity index (χ3v) is 3.94. The van der Waals surface area contributed by atoms with Gasteiger partial charge in [-0.25, -0.2) is 0 Å². The molecule has 0 aliphatic heterocycles. The lowest BCUT2D eigenvalue weighted by Gasteiger charge is -2.04. The van der Waals surface area contributed by atoms with E-state index >= 15 is 0 Å². The highest BCUT2D eigenvalue weighted by Gasteiger charge is 2.12. The van der Waals surface area contributed by atoms with Crippen LogP contribution in [0.2, 0.25) is 0 Å². The molecule has 1 amide bonds. The Morgan fingerprint density at radius 3 is 2.76 bits per heavy atom. The predicted molar refractivity (Wildman–Crippen MR) is 85.1 cm³/mol. The van der Waals surface area contributed by atoms with Gasteiger partial charge in [0.15, 0.2) is 11.0 Å². The molecule has 2 aromatic rings. The van der Waals surface area contributed by atoms with Crippen molar-refractivity contribution in [3.8, 4) is 11.4 Å². The van der Waals surface area contributed by atoms with Crippen LogP contribution >= 0.6 is 11.8 Å². The summed E-state index contributed by atoms with van der Waals surface area (Å²) in [5.74, 6) is 1.07. The summed E-state index contributed by atoms with van der Waals surface area (Å²) < 4.78 is 1.90. The van der Waals surface area contributed by atoms with Crippen LogP contribution in [0.15, 0.2) is 42.1 Å². The number of thioether (sulfide) groups is 1. The number of carbonyl (C=O) groups excluding carboxylic acids is 1. The summed E-state index contributed by atoms with van der Waals surface area (Å²) in [6.45, 7) is 6.08. The fourth-order valence-electron chi connectivity index (χ4n) is 1.76. The maximum absolute atomic E-state index is 11.6. The van der Waals surface area contributed by atoms with Gasteiger partial charge in [0.2, 0.25) is 5.91 Å². The minimum absolute atomic E-state index is 0.0419. The molecule has 5 nitrogen and oxygen atoms in total. The van der Waals surface area contributed by atoms with Crippen molar-refractivity contribution in [3.63, 3.8) is 0 Å².